The van der Waals surface area contributed by atoms with Crippen LogP contribution in [-0.4, -0.2) is 24.5 Å². The van der Waals surface area contributed by atoms with Crippen molar-refractivity contribution in [1.29, 1.82) is 0 Å². The molecule has 0 aliphatic heterocycles. The predicted molar refractivity (Wildman–Crippen MR) is 95.4 cm³/mol. The van der Waals surface area contributed by atoms with Gasteiger partial charge in [0, 0.05) is 10.4 Å². The number of ether oxygens (including phenoxy) is 1. The Bertz CT molecular complexity index is 666. The van der Waals surface area contributed by atoms with Crippen LogP contribution in [0.5, 0.6) is 5.75 Å². The van der Waals surface area contributed by atoms with E-state index >= 15 is 0 Å². The van der Waals surface area contributed by atoms with Crippen LogP contribution in [0.1, 0.15) is 42.0 Å². The molecule has 2 rings (SSSR count). The number of rotatable bonds is 7. The Kier molecular flexibility index (Phi) is 6.37. The topological polar surface area (TPSA) is 67.4 Å². The van der Waals surface area contributed by atoms with Crippen molar-refractivity contribution in [3.8, 4) is 5.75 Å². The van der Waals surface area contributed by atoms with Gasteiger partial charge in [-0.3, -0.25) is 9.59 Å². The molecule has 2 N–H and O–H groups in total. The second-order valence-corrected chi connectivity index (χ2v) is 6.66. The summed E-state index contributed by atoms with van der Waals surface area (Å²) in [6.07, 6.45) is 0.0821. The molecule has 1 heterocycles. The standard InChI is InChI=1S/C18H22N2O3S/c1-12(2)23-15-8-6-14(7-9-15)18(22)19-11-17(21)20-13(3)16-5-4-10-24-16/h4-10,12-13H,11H2,1-3H3,(H,19,22)(H,20,21). The molecule has 1 atom stereocenters. The molecule has 0 aliphatic carbocycles. The third-order valence-electron chi connectivity index (χ3n) is 3.25. The Hall–Kier alpha value is -2.34. The van der Waals surface area contributed by atoms with E-state index in [2.05, 4.69) is 10.6 Å². The molecule has 1 aromatic carbocycles. The summed E-state index contributed by atoms with van der Waals surface area (Å²) in [6, 6.07) is 10.7. The Labute approximate surface area is 146 Å². The smallest absolute Gasteiger partial charge is 0.251 e. The zero-order valence-corrected chi connectivity index (χ0v) is 14.9. The van der Waals surface area contributed by atoms with Gasteiger partial charge in [-0.05, 0) is 56.5 Å². The first-order valence-electron chi connectivity index (χ1n) is 7.83. The third kappa shape index (κ3) is 5.38. The van der Waals surface area contributed by atoms with E-state index < -0.39 is 0 Å². The Morgan fingerprint density at radius 1 is 1.12 bits per heavy atom. The second-order valence-electron chi connectivity index (χ2n) is 5.68. The van der Waals surface area contributed by atoms with E-state index in [0.717, 1.165) is 4.88 Å². The summed E-state index contributed by atoms with van der Waals surface area (Å²) in [4.78, 5) is 25.1. The summed E-state index contributed by atoms with van der Waals surface area (Å²) in [6.45, 7) is 5.74. The summed E-state index contributed by atoms with van der Waals surface area (Å²) in [7, 11) is 0. The molecule has 0 spiro atoms. The number of carbonyl (C=O) groups is 2. The molecule has 1 unspecified atom stereocenters. The summed E-state index contributed by atoms with van der Waals surface area (Å²) in [5, 5.41) is 7.44. The molecule has 0 radical (unpaired) electrons. The van der Waals surface area contributed by atoms with Gasteiger partial charge in [0.25, 0.3) is 5.91 Å². The molecule has 0 fully saturated rings. The van der Waals surface area contributed by atoms with E-state index in [1.807, 2.05) is 38.3 Å². The average Bonchev–Trinajstić information content (AvgIpc) is 3.07. The lowest BCUT2D eigenvalue weighted by Gasteiger charge is -2.13. The first-order chi connectivity index (χ1) is 11.5. The maximum Gasteiger partial charge on any atom is 0.251 e. The highest BCUT2D eigenvalue weighted by Gasteiger charge is 2.12. The highest BCUT2D eigenvalue weighted by atomic mass is 32.1. The first kappa shape index (κ1) is 18.0. The number of hydrogen-bond donors (Lipinski definition) is 2. The average molecular weight is 346 g/mol. The highest BCUT2D eigenvalue weighted by molar-refractivity contribution is 7.10. The number of carbonyl (C=O) groups excluding carboxylic acids is 2. The van der Waals surface area contributed by atoms with Gasteiger partial charge in [-0.2, -0.15) is 0 Å². The van der Waals surface area contributed by atoms with Gasteiger partial charge in [-0.15, -0.1) is 11.3 Å². The van der Waals surface area contributed by atoms with Gasteiger partial charge in [-0.25, -0.2) is 0 Å². The molecule has 128 valence electrons. The second kappa shape index (κ2) is 8.49. The minimum Gasteiger partial charge on any atom is -0.491 e. The lowest BCUT2D eigenvalue weighted by molar-refractivity contribution is -0.120. The molecule has 24 heavy (non-hydrogen) atoms. The zero-order chi connectivity index (χ0) is 17.5. The van der Waals surface area contributed by atoms with E-state index in [4.69, 9.17) is 4.74 Å². The molecule has 6 heteroatoms. The van der Waals surface area contributed by atoms with Crippen LogP contribution in [-0.2, 0) is 4.79 Å². The van der Waals surface area contributed by atoms with E-state index in [1.165, 1.54) is 0 Å². The van der Waals surface area contributed by atoms with Crippen LogP contribution in [0.3, 0.4) is 0 Å². The SMILES string of the molecule is CC(C)Oc1ccc(C(=O)NCC(=O)NC(C)c2cccs2)cc1. The predicted octanol–water partition coefficient (Wildman–Crippen LogP) is 3.14. The molecular formula is C18H22N2O3S. The molecule has 2 aromatic rings. The monoisotopic (exact) mass is 346 g/mol. The van der Waals surface area contributed by atoms with E-state index in [9.17, 15) is 9.59 Å². The van der Waals surface area contributed by atoms with Crippen LogP contribution in [0.15, 0.2) is 41.8 Å². The molecule has 0 aliphatic rings. The lowest BCUT2D eigenvalue weighted by atomic mass is 10.2. The maximum absolute atomic E-state index is 12.1. The fourth-order valence-corrected chi connectivity index (χ4v) is 2.86. The molecule has 0 saturated carbocycles. The van der Waals surface area contributed by atoms with Gasteiger partial charge in [0.05, 0.1) is 18.7 Å². The van der Waals surface area contributed by atoms with Gasteiger partial charge in [0.1, 0.15) is 5.75 Å². The van der Waals surface area contributed by atoms with Crippen molar-refractivity contribution in [2.75, 3.05) is 6.54 Å². The van der Waals surface area contributed by atoms with Crippen LogP contribution < -0.4 is 15.4 Å². The van der Waals surface area contributed by atoms with Crippen molar-refractivity contribution in [3.63, 3.8) is 0 Å². The summed E-state index contributed by atoms with van der Waals surface area (Å²) in [5.74, 6) is 0.207. The van der Waals surface area contributed by atoms with Crippen molar-refractivity contribution < 1.29 is 14.3 Å². The minimum atomic E-state index is -0.287. The van der Waals surface area contributed by atoms with Crippen molar-refractivity contribution in [2.45, 2.75) is 32.9 Å². The number of thiophene rings is 1. The van der Waals surface area contributed by atoms with Gasteiger partial charge >= 0.3 is 0 Å². The van der Waals surface area contributed by atoms with Crippen molar-refractivity contribution in [3.05, 3.63) is 52.2 Å². The number of hydrogen-bond acceptors (Lipinski definition) is 4. The summed E-state index contributed by atoms with van der Waals surface area (Å²) in [5.41, 5.74) is 0.491. The molecule has 1 aromatic heterocycles. The minimum absolute atomic E-state index is 0.0568. The number of nitrogens with one attached hydrogen (secondary N) is 2. The van der Waals surface area contributed by atoms with Crippen LogP contribution >= 0.6 is 11.3 Å². The lowest BCUT2D eigenvalue weighted by Crippen LogP contribution is -2.37. The molecule has 5 nitrogen and oxygen atoms in total. The highest BCUT2D eigenvalue weighted by Crippen LogP contribution is 2.17. The molecule has 2 amide bonds. The van der Waals surface area contributed by atoms with Gasteiger partial charge in [0.2, 0.25) is 5.91 Å². The molecule has 0 saturated heterocycles. The number of benzene rings is 1. The first-order valence-corrected chi connectivity index (χ1v) is 8.71. The summed E-state index contributed by atoms with van der Waals surface area (Å²) < 4.78 is 5.53. The Morgan fingerprint density at radius 2 is 1.83 bits per heavy atom. The molecule has 0 bridgehead atoms. The molecular weight excluding hydrogens is 324 g/mol. The van der Waals surface area contributed by atoms with Crippen LogP contribution in [0, 0.1) is 0 Å². The zero-order valence-electron chi connectivity index (χ0n) is 14.0. The van der Waals surface area contributed by atoms with Crippen molar-refractivity contribution in [1.82, 2.24) is 10.6 Å². The van der Waals surface area contributed by atoms with E-state index in [0.29, 0.717) is 11.3 Å². The normalized spacial score (nSPS) is 11.8. The van der Waals surface area contributed by atoms with Crippen LogP contribution in [0.4, 0.5) is 0 Å². The van der Waals surface area contributed by atoms with Gasteiger partial charge in [0.15, 0.2) is 0 Å². The maximum atomic E-state index is 12.1. The quantitative estimate of drug-likeness (QED) is 0.809. The fraction of sp³-hybridized carbons (Fsp3) is 0.333. The largest absolute Gasteiger partial charge is 0.491 e. The Morgan fingerprint density at radius 3 is 2.42 bits per heavy atom. The number of amides is 2. The fourth-order valence-electron chi connectivity index (χ4n) is 2.12. The van der Waals surface area contributed by atoms with Crippen molar-refractivity contribution in [2.24, 2.45) is 0 Å². The third-order valence-corrected chi connectivity index (χ3v) is 4.30. The summed E-state index contributed by atoms with van der Waals surface area (Å²) >= 11 is 1.59. The van der Waals surface area contributed by atoms with Crippen LogP contribution in [0.25, 0.3) is 0 Å². The van der Waals surface area contributed by atoms with Gasteiger partial charge in [-0.1, -0.05) is 6.07 Å². The van der Waals surface area contributed by atoms with E-state index in [1.54, 1.807) is 35.6 Å². The van der Waals surface area contributed by atoms with Crippen LogP contribution in [0.2, 0.25) is 0 Å². The Balaban J connectivity index is 1.80. The van der Waals surface area contributed by atoms with Crippen molar-refractivity contribution >= 4 is 23.2 Å². The van der Waals surface area contributed by atoms with E-state index in [-0.39, 0.29) is 30.5 Å². The van der Waals surface area contributed by atoms with Gasteiger partial charge < -0.3 is 15.4 Å².